The molecule has 0 fully saturated rings. The SMILES string of the molecule is [CH2]CCCC(O)(O)CCCC. The number of unbranched alkanes of at least 4 members (excludes halogenated alkanes) is 2. The molecule has 0 aromatic rings. The van der Waals surface area contributed by atoms with Gasteiger partial charge in [-0.05, 0) is 12.8 Å². The Morgan fingerprint density at radius 1 is 1.18 bits per heavy atom. The van der Waals surface area contributed by atoms with Crippen molar-refractivity contribution in [1.82, 2.24) is 0 Å². The lowest BCUT2D eigenvalue weighted by Crippen LogP contribution is -2.27. The highest BCUT2D eigenvalue weighted by Gasteiger charge is 2.20. The molecule has 1 radical (unpaired) electrons. The van der Waals surface area contributed by atoms with Crippen LogP contribution in [-0.4, -0.2) is 16.0 Å². The van der Waals surface area contributed by atoms with E-state index in [2.05, 4.69) is 6.92 Å². The van der Waals surface area contributed by atoms with Gasteiger partial charge in [-0.25, -0.2) is 0 Å². The van der Waals surface area contributed by atoms with Gasteiger partial charge in [0.25, 0.3) is 0 Å². The fourth-order valence-corrected chi connectivity index (χ4v) is 0.993. The first-order valence-corrected chi connectivity index (χ1v) is 4.36. The molecule has 0 aromatic heterocycles. The van der Waals surface area contributed by atoms with Crippen LogP contribution in [0.4, 0.5) is 0 Å². The van der Waals surface area contributed by atoms with Gasteiger partial charge in [0.05, 0.1) is 0 Å². The molecule has 0 saturated carbocycles. The van der Waals surface area contributed by atoms with E-state index < -0.39 is 5.79 Å². The number of hydrogen-bond acceptors (Lipinski definition) is 2. The van der Waals surface area contributed by atoms with Gasteiger partial charge in [0.1, 0.15) is 0 Å². The Morgan fingerprint density at radius 3 is 2.18 bits per heavy atom. The molecular weight excluding hydrogens is 140 g/mol. The molecule has 0 saturated heterocycles. The second-order valence-corrected chi connectivity index (χ2v) is 3.04. The highest BCUT2D eigenvalue weighted by Crippen LogP contribution is 2.17. The van der Waals surface area contributed by atoms with E-state index in [0.717, 1.165) is 25.7 Å². The number of hydrogen-bond donors (Lipinski definition) is 2. The lowest BCUT2D eigenvalue weighted by Gasteiger charge is -2.20. The maximum absolute atomic E-state index is 9.30. The van der Waals surface area contributed by atoms with Gasteiger partial charge in [-0.1, -0.05) is 26.7 Å². The van der Waals surface area contributed by atoms with Gasteiger partial charge < -0.3 is 10.2 Å². The predicted octanol–water partition coefficient (Wildman–Crippen LogP) is 1.86. The van der Waals surface area contributed by atoms with Crippen molar-refractivity contribution in [2.45, 2.75) is 51.2 Å². The Kier molecular flexibility index (Phi) is 5.51. The van der Waals surface area contributed by atoms with Gasteiger partial charge in [-0.2, -0.15) is 0 Å². The average Bonchev–Trinajstić information content (AvgIpc) is 1.97. The Bertz CT molecular complexity index is 79.6. The Morgan fingerprint density at radius 2 is 1.73 bits per heavy atom. The highest BCUT2D eigenvalue weighted by atomic mass is 16.5. The van der Waals surface area contributed by atoms with Gasteiger partial charge in [0.2, 0.25) is 0 Å². The van der Waals surface area contributed by atoms with Crippen molar-refractivity contribution in [2.75, 3.05) is 0 Å². The van der Waals surface area contributed by atoms with Crippen molar-refractivity contribution in [3.8, 4) is 0 Å². The Hall–Kier alpha value is -0.0800. The van der Waals surface area contributed by atoms with Gasteiger partial charge in [0.15, 0.2) is 5.79 Å². The van der Waals surface area contributed by atoms with Crippen LogP contribution in [0.25, 0.3) is 0 Å². The summed E-state index contributed by atoms with van der Waals surface area (Å²) in [6, 6.07) is 0. The third-order valence-electron chi connectivity index (χ3n) is 1.76. The zero-order chi connectivity index (χ0) is 8.74. The predicted molar refractivity (Wildman–Crippen MR) is 45.9 cm³/mol. The summed E-state index contributed by atoms with van der Waals surface area (Å²) in [7, 11) is 0. The van der Waals surface area contributed by atoms with Gasteiger partial charge >= 0.3 is 0 Å². The lowest BCUT2D eigenvalue weighted by molar-refractivity contribution is -0.171. The van der Waals surface area contributed by atoms with E-state index >= 15 is 0 Å². The summed E-state index contributed by atoms with van der Waals surface area (Å²) >= 11 is 0. The largest absolute Gasteiger partial charge is 0.366 e. The molecule has 0 heterocycles. The van der Waals surface area contributed by atoms with Crippen LogP contribution in [-0.2, 0) is 0 Å². The van der Waals surface area contributed by atoms with E-state index in [1.165, 1.54) is 0 Å². The van der Waals surface area contributed by atoms with E-state index in [1.54, 1.807) is 0 Å². The highest BCUT2D eigenvalue weighted by molar-refractivity contribution is 4.64. The quantitative estimate of drug-likeness (QED) is 0.581. The zero-order valence-corrected chi connectivity index (χ0v) is 7.34. The van der Waals surface area contributed by atoms with Crippen LogP contribution in [0.1, 0.15) is 45.4 Å². The van der Waals surface area contributed by atoms with Crippen LogP contribution < -0.4 is 0 Å². The molecule has 0 amide bonds. The van der Waals surface area contributed by atoms with Crippen LogP contribution >= 0.6 is 0 Å². The smallest absolute Gasteiger partial charge is 0.162 e. The molecule has 0 rings (SSSR count). The van der Waals surface area contributed by atoms with Crippen LogP contribution in [0.3, 0.4) is 0 Å². The van der Waals surface area contributed by atoms with Crippen molar-refractivity contribution in [2.24, 2.45) is 0 Å². The van der Waals surface area contributed by atoms with E-state index in [9.17, 15) is 10.2 Å². The molecule has 0 bridgehead atoms. The molecule has 0 aliphatic heterocycles. The Labute approximate surface area is 69.2 Å². The van der Waals surface area contributed by atoms with Crippen molar-refractivity contribution >= 4 is 0 Å². The summed E-state index contributed by atoms with van der Waals surface area (Å²) in [6.45, 7) is 5.69. The fraction of sp³-hybridized carbons (Fsp3) is 0.889. The molecule has 0 aliphatic carbocycles. The third kappa shape index (κ3) is 6.32. The summed E-state index contributed by atoms with van der Waals surface area (Å²) in [5.41, 5.74) is 0. The minimum atomic E-state index is -1.44. The zero-order valence-electron chi connectivity index (χ0n) is 7.34. The molecule has 0 atom stereocenters. The maximum Gasteiger partial charge on any atom is 0.162 e. The van der Waals surface area contributed by atoms with E-state index in [1.807, 2.05) is 6.92 Å². The molecule has 11 heavy (non-hydrogen) atoms. The molecule has 2 N–H and O–H groups in total. The standard InChI is InChI=1S/C9H19O2/c1-3-5-7-9(10,11)8-6-4-2/h10-11H,1,3-8H2,2H3. The minimum Gasteiger partial charge on any atom is -0.366 e. The summed E-state index contributed by atoms with van der Waals surface area (Å²) < 4.78 is 0. The maximum atomic E-state index is 9.30. The fourth-order valence-electron chi connectivity index (χ4n) is 0.993. The first-order chi connectivity index (χ1) is 5.12. The lowest BCUT2D eigenvalue weighted by atomic mass is 10.0. The molecule has 0 aromatic carbocycles. The second-order valence-electron chi connectivity index (χ2n) is 3.04. The van der Waals surface area contributed by atoms with E-state index in [4.69, 9.17) is 0 Å². The third-order valence-corrected chi connectivity index (χ3v) is 1.76. The van der Waals surface area contributed by atoms with Crippen LogP contribution in [0.15, 0.2) is 0 Å². The molecule has 0 aliphatic rings. The molecular formula is C9H19O2. The van der Waals surface area contributed by atoms with Gasteiger partial charge in [0, 0.05) is 12.8 Å². The molecule has 0 unspecified atom stereocenters. The molecule has 0 spiro atoms. The summed E-state index contributed by atoms with van der Waals surface area (Å²) in [6.07, 6.45) is 4.39. The molecule has 2 heteroatoms. The van der Waals surface area contributed by atoms with Crippen LogP contribution in [0, 0.1) is 6.92 Å². The summed E-state index contributed by atoms with van der Waals surface area (Å²) in [4.78, 5) is 0. The van der Waals surface area contributed by atoms with Crippen molar-refractivity contribution in [3.05, 3.63) is 6.92 Å². The summed E-state index contributed by atoms with van der Waals surface area (Å²) in [5.74, 6) is -1.44. The monoisotopic (exact) mass is 159 g/mol. The average molecular weight is 159 g/mol. The topological polar surface area (TPSA) is 40.5 Å². The van der Waals surface area contributed by atoms with Gasteiger partial charge in [-0.15, -0.1) is 0 Å². The number of rotatable bonds is 6. The van der Waals surface area contributed by atoms with Gasteiger partial charge in [-0.3, -0.25) is 0 Å². The van der Waals surface area contributed by atoms with Crippen molar-refractivity contribution in [3.63, 3.8) is 0 Å². The minimum absolute atomic E-state index is 0.455. The van der Waals surface area contributed by atoms with Crippen molar-refractivity contribution in [1.29, 1.82) is 0 Å². The first kappa shape index (κ1) is 10.9. The normalized spacial score (nSPS) is 12.0. The van der Waals surface area contributed by atoms with Crippen molar-refractivity contribution < 1.29 is 10.2 Å². The van der Waals surface area contributed by atoms with E-state index in [-0.39, 0.29) is 0 Å². The number of aliphatic hydroxyl groups is 2. The second kappa shape index (κ2) is 5.56. The molecule has 2 nitrogen and oxygen atoms in total. The summed E-state index contributed by atoms with van der Waals surface area (Å²) in [5, 5.41) is 18.6. The van der Waals surface area contributed by atoms with Crippen LogP contribution in [0.2, 0.25) is 0 Å². The Balaban J connectivity index is 3.43. The molecule has 67 valence electrons. The first-order valence-electron chi connectivity index (χ1n) is 4.36. The van der Waals surface area contributed by atoms with E-state index in [0.29, 0.717) is 12.8 Å². The van der Waals surface area contributed by atoms with Crippen LogP contribution in [0.5, 0.6) is 0 Å².